The number of fused-ring (bicyclic) bond motifs is 13. The molecule has 0 amide bonds. The van der Waals surface area contributed by atoms with Gasteiger partial charge >= 0.3 is 0 Å². The van der Waals surface area contributed by atoms with Crippen molar-refractivity contribution in [3.63, 3.8) is 0 Å². The molecule has 0 bridgehead atoms. The molecule has 0 saturated carbocycles. The Kier molecular flexibility index (Phi) is 7.96. The highest BCUT2D eigenvalue weighted by atomic mass is 16.5. The molecule has 9 aromatic carbocycles. The van der Waals surface area contributed by atoms with Crippen molar-refractivity contribution < 1.29 is 9.47 Å². The molecule has 0 unspecified atom stereocenters. The summed E-state index contributed by atoms with van der Waals surface area (Å²) in [6.07, 6.45) is 0. The standard InChI is InChI=1S/C62H48BN3O2/c1-61(2,3)37-29-31-54-46(33-37)63-47-34-38(62(4,5)6)30-32-55(47)68-57-36-39(35-56(67-54)58(57)63)64-59-44(21-15-27-52(59)65-48-23-11-7-17-40(48)41-18-8-12-24-49(41)65)45-22-16-28-53(60(45)64)66-50-25-13-9-19-42(50)43-20-10-14-26-51(43)66/h7-36H,1-6H3. The Balaban J connectivity index is 1.12. The SMILES string of the molecule is CC(C)(C)c1ccc2c(c1)B1c3cc(C(C)(C)C)ccc3Oc3cc(-n4c5c(-n6c7ccccc7c7ccccc76)cccc5c5cccc(-n6c7ccccc7c7ccccc76)c54)cc(c31)O2. The van der Waals surface area contributed by atoms with Gasteiger partial charge in [0, 0.05) is 49.9 Å². The summed E-state index contributed by atoms with van der Waals surface area (Å²) < 4.78 is 21.8. The lowest BCUT2D eigenvalue weighted by Crippen LogP contribution is -2.57. The lowest BCUT2D eigenvalue weighted by molar-refractivity contribution is 0.463. The van der Waals surface area contributed by atoms with Crippen LogP contribution in [0, 0.1) is 0 Å². The Hall–Kier alpha value is -7.96. The molecule has 0 saturated heterocycles. The molecule has 12 aromatic rings. The number of nitrogens with zero attached hydrogens (tertiary/aromatic N) is 3. The minimum atomic E-state index is -0.0781. The second-order valence-corrected chi connectivity index (χ2v) is 20.9. The molecule has 2 aliphatic rings. The normalized spacial score (nSPS) is 13.4. The van der Waals surface area contributed by atoms with Gasteiger partial charge in [0.1, 0.15) is 23.0 Å². The van der Waals surface area contributed by atoms with Crippen molar-refractivity contribution in [2.75, 3.05) is 0 Å². The van der Waals surface area contributed by atoms with Gasteiger partial charge in [-0.15, -0.1) is 0 Å². The third-order valence-electron chi connectivity index (χ3n) is 14.9. The van der Waals surface area contributed by atoms with Crippen LogP contribution in [0.25, 0.3) is 82.5 Å². The van der Waals surface area contributed by atoms with Gasteiger partial charge in [-0.25, -0.2) is 0 Å². The van der Waals surface area contributed by atoms with Gasteiger partial charge < -0.3 is 23.2 Å². The number of hydrogen-bond acceptors (Lipinski definition) is 2. The van der Waals surface area contributed by atoms with E-state index in [-0.39, 0.29) is 17.5 Å². The highest BCUT2D eigenvalue weighted by Gasteiger charge is 2.42. The van der Waals surface area contributed by atoms with E-state index in [1.807, 2.05) is 0 Å². The molecule has 0 aliphatic carbocycles. The lowest BCUT2D eigenvalue weighted by Gasteiger charge is -2.35. The summed E-state index contributed by atoms with van der Waals surface area (Å²) in [6.45, 7) is 13.6. The van der Waals surface area contributed by atoms with Gasteiger partial charge in [-0.1, -0.05) is 163 Å². The van der Waals surface area contributed by atoms with Gasteiger partial charge in [-0.3, -0.25) is 0 Å². The van der Waals surface area contributed by atoms with E-state index in [4.69, 9.17) is 9.47 Å². The van der Waals surface area contributed by atoms with Crippen molar-refractivity contribution >= 4 is 88.5 Å². The van der Waals surface area contributed by atoms with Crippen LogP contribution in [0.4, 0.5) is 0 Å². The fourth-order valence-corrected chi connectivity index (χ4v) is 11.6. The van der Waals surface area contributed by atoms with Gasteiger partial charge in [0.05, 0.1) is 50.2 Å². The van der Waals surface area contributed by atoms with Crippen LogP contribution in [-0.2, 0) is 10.8 Å². The summed E-state index contributed by atoms with van der Waals surface area (Å²) in [7, 11) is 0. The van der Waals surface area contributed by atoms with Gasteiger partial charge in [0.25, 0.3) is 6.71 Å². The summed E-state index contributed by atoms with van der Waals surface area (Å²) in [5, 5.41) is 7.21. The highest BCUT2D eigenvalue weighted by molar-refractivity contribution is 6.98. The van der Waals surface area contributed by atoms with Crippen molar-refractivity contribution in [2.24, 2.45) is 0 Å². The quantitative estimate of drug-likeness (QED) is 0.166. The topological polar surface area (TPSA) is 33.2 Å². The maximum atomic E-state index is 7.20. The van der Waals surface area contributed by atoms with E-state index in [0.29, 0.717) is 0 Å². The van der Waals surface area contributed by atoms with E-state index in [9.17, 15) is 0 Å². The fourth-order valence-electron chi connectivity index (χ4n) is 11.6. The first-order valence-corrected chi connectivity index (χ1v) is 23.9. The molecule has 6 heteroatoms. The smallest absolute Gasteiger partial charge is 0.260 e. The van der Waals surface area contributed by atoms with Crippen molar-refractivity contribution in [1.29, 1.82) is 0 Å². The van der Waals surface area contributed by atoms with Gasteiger partial charge in [-0.2, -0.15) is 0 Å². The molecule has 0 N–H and O–H groups in total. The van der Waals surface area contributed by atoms with Crippen molar-refractivity contribution in [3.8, 4) is 40.1 Å². The Morgan fingerprint density at radius 3 is 1.10 bits per heavy atom. The molecule has 0 fully saturated rings. The zero-order chi connectivity index (χ0) is 45.8. The summed E-state index contributed by atoms with van der Waals surface area (Å²) in [5.74, 6) is 3.38. The average molecular weight is 878 g/mol. The molecule has 326 valence electrons. The van der Waals surface area contributed by atoms with Crippen molar-refractivity contribution in [2.45, 2.75) is 52.4 Å². The molecule has 2 aliphatic heterocycles. The first-order valence-electron chi connectivity index (χ1n) is 23.9. The Labute approximate surface area is 395 Å². The summed E-state index contributed by atoms with van der Waals surface area (Å²) in [4.78, 5) is 0. The van der Waals surface area contributed by atoms with E-state index >= 15 is 0 Å². The Bertz CT molecular complexity index is 3770. The third kappa shape index (κ3) is 5.46. The molecule has 0 radical (unpaired) electrons. The maximum absolute atomic E-state index is 7.20. The second-order valence-electron chi connectivity index (χ2n) is 20.9. The predicted molar refractivity (Wildman–Crippen MR) is 285 cm³/mol. The zero-order valence-electron chi connectivity index (χ0n) is 39.1. The van der Waals surface area contributed by atoms with E-state index < -0.39 is 0 Å². The average Bonchev–Trinajstić information content (AvgIpc) is 3.99. The molecule has 0 spiro atoms. The molecule has 14 rings (SSSR count). The first-order chi connectivity index (χ1) is 33.0. The number of aromatic nitrogens is 3. The van der Waals surface area contributed by atoms with Crippen LogP contribution in [0.15, 0.2) is 182 Å². The van der Waals surface area contributed by atoms with Gasteiger partial charge in [-0.05, 0) is 81.4 Å². The number of ether oxygens (including phenoxy) is 2. The van der Waals surface area contributed by atoms with E-state index in [0.717, 1.165) is 89.4 Å². The van der Waals surface area contributed by atoms with Crippen LogP contribution in [-0.4, -0.2) is 20.4 Å². The third-order valence-corrected chi connectivity index (χ3v) is 14.9. The van der Waals surface area contributed by atoms with Crippen LogP contribution in [0.3, 0.4) is 0 Å². The number of hydrogen-bond donors (Lipinski definition) is 0. The Morgan fingerprint density at radius 1 is 0.353 bits per heavy atom. The zero-order valence-corrected chi connectivity index (χ0v) is 39.1. The number of rotatable bonds is 3. The molecule has 5 nitrogen and oxygen atoms in total. The molecule has 3 aromatic heterocycles. The van der Waals surface area contributed by atoms with Gasteiger partial charge in [0.2, 0.25) is 0 Å². The van der Waals surface area contributed by atoms with Crippen molar-refractivity contribution in [3.05, 3.63) is 193 Å². The maximum Gasteiger partial charge on any atom is 0.260 e. The minimum absolute atomic E-state index is 0.0397. The number of benzene rings is 9. The summed E-state index contributed by atoms with van der Waals surface area (Å²) in [6, 6.07) is 66.9. The molecule has 5 heterocycles. The van der Waals surface area contributed by atoms with Crippen LogP contribution < -0.4 is 25.9 Å². The van der Waals surface area contributed by atoms with Crippen LogP contribution in [0.5, 0.6) is 23.0 Å². The molecule has 68 heavy (non-hydrogen) atoms. The molecular weight excluding hydrogens is 830 g/mol. The molecule has 0 atom stereocenters. The van der Waals surface area contributed by atoms with E-state index in [1.165, 1.54) is 43.6 Å². The number of para-hydroxylation sites is 6. The second kappa shape index (κ2) is 13.8. The minimum Gasteiger partial charge on any atom is -0.458 e. The van der Waals surface area contributed by atoms with Crippen LogP contribution >= 0.6 is 0 Å². The van der Waals surface area contributed by atoms with E-state index in [2.05, 4.69) is 237 Å². The monoisotopic (exact) mass is 877 g/mol. The first kappa shape index (κ1) is 39.2. The van der Waals surface area contributed by atoms with Crippen molar-refractivity contribution in [1.82, 2.24) is 13.7 Å². The van der Waals surface area contributed by atoms with E-state index in [1.54, 1.807) is 0 Å². The summed E-state index contributed by atoms with van der Waals surface area (Å²) in [5.41, 5.74) is 15.9. The Morgan fingerprint density at radius 2 is 0.721 bits per heavy atom. The fraction of sp³-hybridized carbons (Fsp3) is 0.129. The highest BCUT2D eigenvalue weighted by Crippen LogP contribution is 2.46. The van der Waals surface area contributed by atoms with Crippen LogP contribution in [0.2, 0.25) is 0 Å². The lowest BCUT2D eigenvalue weighted by atomic mass is 9.34. The molecular formula is C62H48BN3O2. The predicted octanol–water partition coefficient (Wildman–Crippen LogP) is 14.3. The van der Waals surface area contributed by atoms with Crippen LogP contribution in [0.1, 0.15) is 52.7 Å². The largest absolute Gasteiger partial charge is 0.458 e. The summed E-state index contributed by atoms with van der Waals surface area (Å²) >= 11 is 0. The van der Waals surface area contributed by atoms with Gasteiger partial charge in [0.15, 0.2) is 0 Å².